The summed E-state index contributed by atoms with van der Waals surface area (Å²) in [6.45, 7) is 10.4. The smallest absolute Gasteiger partial charge is 0.253 e. The Hall–Kier alpha value is -4.35. The van der Waals surface area contributed by atoms with Gasteiger partial charge in [-0.05, 0) is 114 Å². The van der Waals surface area contributed by atoms with Gasteiger partial charge >= 0.3 is 0 Å². The summed E-state index contributed by atoms with van der Waals surface area (Å²) in [4.78, 5) is 20.2. The number of nitriles is 1. The van der Waals surface area contributed by atoms with E-state index in [1.165, 1.54) is 10.0 Å². The summed E-state index contributed by atoms with van der Waals surface area (Å²) in [7, 11) is -3.76. The molecule has 0 saturated carbocycles. The second kappa shape index (κ2) is 14.9. The number of hydrogen-bond donors (Lipinski definition) is 2. The number of piperidine rings is 1. The van der Waals surface area contributed by atoms with Crippen molar-refractivity contribution >= 4 is 27.0 Å². The Morgan fingerprint density at radius 1 is 1.10 bits per heavy atom. The van der Waals surface area contributed by atoms with Crippen molar-refractivity contribution in [1.82, 2.24) is 19.2 Å². The number of benzene rings is 3. The first-order chi connectivity index (χ1) is 23.6. The number of likely N-dealkylation sites (tertiary alicyclic amines) is 1. The lowest BCUT2D eigenvalue weighted by Crippen LogP contribution is -2.53. The van der Waals surface area contributed by atoms with Gasteiger partial charge in [0.15, 0.2) is 0 Å². The van der Waals surface area contributed by atoms with Crippen molar-refractivity contribution < 1.29 is 27.1 Å². The lowest BCUT2D eigenvalue weighted by Gasteiger charge is -2.34. The molecule has 0 aliphatic carbocycles. The van der Waals surface area contributed by atoms with Crippen LogP contribution in [0.1, 0.15) is 92.7 Å². The van der Waals surface area contributed by atoms with E-state index < -0.39 is 33.2 Å². The number of amides is 1. The molecule has 4 aromatic rings. The molecule has 0 spiro atoms. The van der Waals surface area contributed by atoms with Gasteiger partial charge in [0.05, 0.1) is 35.0 Å². The van der Waals surface area contributed by atoms with Gasteiger partial charge in [0.25, 0.3) is 5.91 Å². The van der Waals surface area contributed by atoms with E-state index >= 15 is 0 Å². The predicted octanol–water partition coefficient (Wildman–Crippen LogP) is 5.77. The Kier molecular flexibility index (Phi) is 11.0. The molecule has 1 amide bonds. The summed E-state index contributed by atoms with van der Waals surface area (Å²) in [5.41, 5.74) is 6.81. The Labute approximate surface area is 293 Å². The molecule has 11 nitrogen and oxygen atoms in total. The topological polar surface area (TPSA) is 153 Å². The van der Waals surface area contributed by atoms with E-state index in [2.05, 4.69) is 16.3 Å². The molecule has 0 radical (unpaired) electrons. The van der Waals surface area contributed by atoms with E-state index in [0.29, 0.717) is 41.1 Å². The maximum absolute atomic E-state index is 14.3. The molecule has 1 fully saturated rings. The zero-order valence-electron chi connectivity index (χ0n) is 29.2. The fourth-order valence-electron chi connectivity index (χ4n) is 6.41. The molecular formula is C37H45FN6O5S. The molecule has 3 N–H and O–H groups in total. The minimum Gasteiger partial charge on any atom is -0.489 e. The highest BCUT2D eigenvalue weighted by molar-refractivity contribution is 7.90. The van der Waals surface area contributed by atoms with Gasteiger partial charge in [-0.1, -0.05) is 25.1 Å². The third-order valence-corrected chi connectivity index (χ3v) is 10.4. The lowest BCUT2D eigenvalue weighted by molar-refractivity contribution is -0.129. The molecule has 2 heterocycles. The average molecular weight is 705 g/mol. The van der Waals surface area contributed by atoms with Crippen LogP contribution in [0, 0.1) is 17.1 Å². The van der Waals surface area contributed by atoms with Gasteiger partial charge in [-0.15, -0.1) is 0 Å². The summed E-state index contributed by atoms with van der Waals surface area (Å²) >= 11 is 0. The van der Waals surface area contributed by atoms with Crippen LogP contribution in [0.4, 0.5) is 4.39 Å². The van der Waals surface area contributed by atoms with E-state index in [4.69, 9.17) is 25.5 Å². The van der Waals surface area contributed by atoms with E-state index in [9.17, 15) is 17.6 Å². The minimum absolute atomic E-state index is 0.0482. The quantitative estimate of drug-likeness (QED) is 0.165. The van der Waals surface area contributed by atoms with Crippen LogP contribution in [0.15, 0.2) is 60.7 Å². The highest BCUT2D eigenvalue weighted by atomic mass is 32.2. The largest absolute Gasteiger partial charge is 0.489 e. The van der Waals surface area contributed by atoms with Crippen LogP contribution in [0.25, 0.3) is 11.0 Å². The number of imidazole rings is 1. The van der Waals surface area contributed by atoms with Crippen molar-refractivity contribution in [3.05, 3.63) is 94.6 Å². The number of hydrogen-bond acceptors (Lipinski definition) is 9. The molecule has 266 valence electrons. The third kappa shape index (κ3) is 9.05. The molecule has 3 aromatic carbocycles. The number of aromatic nitrogens is 2. The number of nitrogens with two attached hydrogens (primary N) is 1. The highest BCUT2D eigenvalue weighted by Crippen LogP contribution is 2.32. The molecule has 0 unspecified atom stereocenters. The number of nitrogens with one attached hydrogen (secondary N) is 1. The summed E-state index contributed by atoms with van der Waals surface area (Å²) < 4.78 is 54.6. The number of fused-ring (bicyclic) bond motifs is 1. The maximum Gasteiger partial charge on any atom is 0.253 e. The highest BCUT2D eigenvalue weighted by Gasteiger charge is 2.30. The second-order valence-corrected chi connectivity index (χ2v) is 15.7. The van der Waals surface area contributed by atoms with E-state index in [-0.39, 0.29) is 29.4 Å². The van der Waals surface area contributed by atoms with Crippen LogP contribution in [-0.2, 0) is 27.9 Å². The molecule has 5 rings (SSSR count). The van der Waals surface area contributed by atoms with Gasteiger partial charge in [-0.25, -0.2) is 21.8 Å². The van der Waals surface area contributed by atoms with Crippen molar-refractivity contribution in [2.75, 3.05) is 18.8 Å². The Morgan fingerprint density at radius 2 is 1.84 bits per heavy atom. The zero-order valence-corrected chi connectivity index (χ0v) is 30.0. The average Bonchev–Trinajstić information content (AvgIpc) is 3.41. The summed E-state index contributed by atoms with van der Waals surface area (Å²) in [5.74, 6) is 0.340. The molecular weight excluding hydrogens is 660 g/mol. The zero-order chi connectivity index (χ0) is 36.3. The Bertz CT molecular complexity index is 2010. The van der Waals surface area contributed by atoms with Crippen LogP contribution in [-0.4, -0.2) is 58.5 Å². The Balaban J connectivity index is 1.29. The van der Waals surface area contributed by atoms with Crippen LogP contribution in [0.2, 0.25) is 0 Å². The molecule has 0 bridgehead atoms. The van der Waals surface area contributed by atoms with Crippen LogP contribution >= 0.6 is 0 Å². The monoisotopic (exact) mass is 704 g/mol. The lowest BCUT2D eigenvalue weighted by atomic mass is 9.89. The van der Waals surface area contributed by atoms with E-state index in [0.717, 1.165) is 31.5 Å². The van der Waals surface area contributed by atoms with Gasteiger partial charge in [-0.3, -0.25) is 9.69 Å². The van der Waals surface area contributed by atoms with Gasteiger partial charge < -0.3 is 20.5 Å². The fraction of sp³-hybridized carbons (Fsp3) is 0.432. The van der Waals surface area contributed by atoms with E-state index in [1.807, 2.05) is 31.2 Å². The summed E-state index contributed by atoms with van der Waals surface area (Å²) in [6.07, 6.45) is 2.12. The van der Waals surface area contributed by atoms with E-state index in [1.54, 1.807) is 58.0 Å². The number of rotatable bonds is 13. The number of halogens is 1. The number of carbonyl (C=O) groups excluding carboxylic acids is 1. The van der Waals surface area contributed by atoms with Crippen LogP contribution in [0.3, 0.4) is 0 Å². The Morgan fingerprint density at radius 3 is 2.50 bits per heavy atom. The first-order valence-corrected chi connectivity index (χ1v) is 18.4. The molecule has 13 heteroatoms. The van der Waals surface area contributed by atoms with Crippen molar-refractivity contribution in [3.63, 3.8) is 0 Å². The predicted molar refractivity (Wildman–Crippen MR) is 189 cm³/mol. The van der Waals surface area contributed by atoms with Gasteiger partial charge in [0.2, 0.25) is 10.0 Å². The van der Waals surface area contributed by atoms with Gasteiger partial charge in [0, 0.05) is 11.1 Å². The van der Waals surface area contributed by atoms with Crippen LogP contribution < -0.4 is 15.8 Å². The molecule has 1 saturated heterocycles. The molecule has 50 heavy (non-hydrogen) atoms. The molecule has 0 atom stereocenters. The second-order valence-electron chi connectivity index (χ2n) is 13.8. The first-order valence-electron chi connectivity index (χ1n) is 16.8. The first kappa shape index (κ1) is 36.9. The normalized spacial score (nSPS) is 14.8. The summed E-state index contributed by atoms with van der Waals surface area (Å²) in [6, 6.07) is 18.9. The van der Waals surface area contributed by atoms with Gasteiger partial charge in [0.1, 0.15) is 35.4 Å². The molecule has 1 aliphatic rings. The molecule has 1 aliphatic heterocycles. The number of nitrogens with zero attached hydrogens (tertiary/aromatic N) is 4. The van der Waals surface area contributed by atoms with Crippen molar-refractivity contribution in [1.29, 1.82) is 5.26 Å². The van der Waals surface area contributed by atoms with Crippen molar-refractivity contribution in [3.8, 4) is 11.8 Å². The fourth-order valence-corrected chi connectivity index (χ4v) is 7.98. The van der Waals surface area contributed by atoms with Crippen molar-refractivity contribution in [2.45, 2.75) is 84.4 Å². The van der Waals surface area contributed by atoms with Crippen molar-refractivity contribution in [2.24, 2.45) is 5.73 Å². The number of carbonyl (C=O) groups is 1. The number of ether oxygens (including phenoxy) is 2. The summed E-state index contributed by atoms with van der Waals surface area (Å²) in [5, 5.41) is 11.8. The standard InChI is InChI=1S/C37H45FN6O5S/c1-6-18-50(46,47)44-33-21-28(35(45)42-37(4,5)49-36(2,3)40)12-13-32(33)41-34(44)23-43-16-14-26(15-17-43)27-8-7-9-30(20-27)48-24-29-11-10-25(22-39)19-31(29)38/h7-13,19-21,26H,6,14-18,23-24,40H2,1-5H3,(H,42,45). The maximum atomic E-state index is 14.3. The SMILES string of the molecule is CCCS(=O)(=O)n1c(CN2CCC(c3cccc(OCc4ccc(C#N)cc4F)c3)CC2)nc2ccc(C(=O)NC(C)(C)OC(C)(C)N)cc21. The molecule has 1 aromatic heterocycles. The van der Waals surface area contributed by atoms with Gasteiger partial charge in [-0.2, -0.15) is 5.26 Å². The minimum atomic E-state index is -3.76. The third-order valence-electron chi connectivity index (χ3n) is 8.47. The van der Waals surface area contributed by atoms with Crippen LogP contribution in [0.5, 0.6) is 5.75 Å².